The summed E-state index contributed by atoms with van der Waals surface area (Å²) in [6, 6.07) is 3.75. The van der Waals surface area contributed by atoms with Crippen molar-refractivity contribution >= 4 is 5.91 Å². The first-order valence-electron chi connectivity index (χ1n) is 8.52. The number of pyridine rings is 1. The zero-order valence-electron chi connectivity index (χ0n) is 13.9. The van der Waals surface area contributed by atoms with Gasteiger partial charge in [-0.05, 0) is 30.9 Å². The molecule has 0 N–H and O–H groups in total. The lowest BCUT2D eigenvalue weighted by Crippen LogP contribution is -2.39. The normalized spacial score (nSPS) is 19.9. The molecule has 4 rings (SSSR count). The smallest absolute Gasteiger partial charge is 0.223 e. The Labute approximate surface area is 141 Å². The Hall–Kier alpha value is -2.37. The second-order valence-corrected chi connectivity index (χ2v) is 6.83. The minimum absolute atomic E-state index is 0.0957. The molecule has 0 saturated heterocycles. The van der Waals surface area contributed by atoms with Crippen LogP contribution in [0.1, 0.15) is 36.4 Å². The number of nitrogens with zero attached hydrogens (tertiary/aromatic N) is 4. The van der Waals surface area contributed by atoms with Gasteiger partial charge >= 0.3 is 0 Å². The number of fused-ring (bicyclic) bond motifs is 1. The van der Waals surface area contributed by atoms with Crippen molar-refractivity contribution in [3.63, 3.8) is 0 Å². The lowest BCUT2D eigenvalue weighted by atomic mass is 9.97. The molecule has 6 heteroatoms. The van der Waals surface area contributed by atoms with E-state index in [0.29, 0.717) is 32.0 Å². The van der Waals surface area contributed by atoms with Gasteiger partial charge in [0.2, 0.25) is 5.91 Å². The van der Waals surface area contributed by atoms with Crippen molar-refractivity contribution in [3.05, 3.63) is 42.0 Å². The van der Waals surface area contributed by atoms with Gasteiger partial charge in [-0.2, -0.15) is 5.10 Å². The lowest BCUT2D eigenvalue weighted by molar-refractivity contribution is -0.133. The summed E-state index contributed by atoms with van der Waals surface area (Å²) in [6.07, 6.45) is 8.53. The van der Waals surface area contributed by atoms with Gasteiger partial charge in [0.1, 0.15) is 5.75 Å². The highest BCUT2D eigenvalue weighted by Crippen LogP contribution is 2.34. The van der Waals surface area contributed by atoms with Gasteiger partial charge in [0.15, 0.2) is 0 Å². The monoisotopic (exact) mass is 326 g/mol. The molecule has 1 amide bonds. The topological polar surface area (TPSA) is 60.2 Å². The summed E-state index contributed by atoms with van der Waals surface area (Å²) in [4.78, 5) is 18.6. The molecule has 1 aliphatic heterocycles. The van der Waals surface area contributed by atoms with Crippen LogP contribution in [0, 0.1) is 5.92 Å². The summed E-state index contributed by atoms with van der Waals surface area (Å²) in [6.45, 7) is 1.84. The predicted molar refractivity (Wildman–Crippen MR) is 88.4 cm³/mol. The molecule has 3 heterocycles. The number of carbonyl (C=O) groups is 1. The van der Waals surface area contributed by atoms with E-state index in [4.69, 9.17) is 4.74 Å². The van der Waals surface area contributed by atoms with E-state index in [0.717, 1.165) is 17.0 Å². The van der Waals surface area contributed by atoms with E-state index in [2.05, 4.69) is 10.1 Å². The van der Waals surface area contributed by atoms with E-state index in [9.17, 15) is 4.79 Å². The maximum Gasteiger partial charge on any atom is 0.223 e. The van der Waals surface area contributed by atoms with Gasteiger partial charge in [-0.3, -0.25) is 14.5 Å². The maximum absolute atomic E-state index is 12.5. The number of hydrogen-bond donors (Lipinski definition) is 0. The van der Waals surface area contributed by atoms with Crippen molar-refractivity contribution in [2.45, 2.75) is 31.7 Å². The second-order valence-electron chi connectivity index (χ2n) is 6.83. The van der Waals surface area contributed by atoms with E-state index in [-0.39, 0.29) is 11.8 Å². The van der Waals surface area contributed by atoms with Gasteiger partial charge < -0.3 is 9.64 Å². The van der Waals surface area contributed by atoms with E-state index >= 15 is 0 Å². The summed E-state index contributed by atoms with van der Waals surface area (Å²) >= 11 is 0. The van der Waals surface area contributed by atoms with Crippen molar-refractivity contribution in [1.29, 1.82) is 0 Å². The highest BCUT2D eigenvalue weighted by molar-refractivity contribution is 5.77. The molecule has 1 aliphatic carbocycles. The molecule has 6 nitrogen and oxygen atoms in total. The number of amides is 1. The van der Waals surface area contributed by atoms with E-state index in [1.807, 2.05) is 35.0 Å². The van der Waals surface area contributed by atoms with Crippen molar-refractivity contribution in [2.75, 3.05) is 13.2 Å². The molecular formula is C18H22N4O2. The summed E-state index contributed by atoms with van der Waals surface area (Å²) < 4.78 is 7.71. The average molecular weight is 326 g/mol. The molecule has 0 unspecified atom stereocenters. The molecule has 0 radical (unpaired) electrons. The molecule has 126 valence electrons. The number of ether oxygens (including phenoxy) is 1. The number of carbonyl (C=O) groups excluding carboxylic acids is 1. The second kappa shape index (κ2) is 6.26. The number of rotatable bonds is 5. The molecule has 2 aromatic rings. The van der Waals surface area contributed by atoms with Crippen LogP contribution in [-0.2, 0) is 18.4 Å². The first-order chi connectivity index (χ1) is 11.7. The first-order valence-corrected chi connectivity index (χ1v) is 8.52. The Balaban J connectivity index is 1.49. The molecule has 2 aliphatic rings. The average Bonchev–Trinajstić information content (AvgIpc) is 3.31. The molecule has 1 atom stereocenters. The third kappa shape index (κ3) is 3.27. The summed E-state index contributed by atoms with van der Waals surface area (Å²) in [7, 11) is 1.92. The largest absolute Gasteiger partial charge is 0.491 e. The third-order valence-electron chi connectivity index (χ3n) is 4.72. The third-order valence-corrected chi connectivity index (χ3v) is 4.72. The highest BCUT2D eigenvalue weighted by Gasteiger charge is 2.33. The highest BCUT2D eigenvalue weighted by atomic mass is 16.5. The number of aromatic nitrogens is 3. The van der Waals surface area contributed by atoms with Gasteiger partial charge in [-0.25, -0.2) is 0 Å². The molecule has 24 heavy (non-hydrogen) atoms. The SMILES string of the molecule is Cn1cc2c(n1)[C@@H](COc1cccnc1)CN(C(=O)CC1CC1)C2. The van der Waals surface area contributed by atoms with Crippen LogP contribution in [-0.4, -0.2) is 38.7 Å². The Bertz CT molecular complexity index is 724. The number of aryl methyl sites for hydroxylation is 1. The van der Waals surface area contributed by atoms with E-state index < -0.39 is 0 Å². The summed E-state index contributed by atoms with van der Waals surface area (Å²) in [5.74, 6) is 1.71. The van der Waals surface area contributed by atoms with Gasteiger partial charge in [0, 0.05) is 44.5 Å². The quantitative estimate of drug-likeness (QED) is 0.844. The Morgan fingerprint density at radius 1 is 1.42 bits per heavy atom. The van der Waals surface area contributed by atoms with Crippen LogP contribution in [0.3, 0.4) is 0 Å². The molecule has 1 fully saturated rings. The summed E-state index contributed by atoms with van der Waals surface area (Å²) in [5.41, 5.74) is 2.18. The first kappa shape index (κ1) is 15.2. The van der Waals surface area contributed by atoms with Gasteiger partial charge in [-0.1, -0.05) is 0 Å². The molecule has 2 aromatic heterocycles. The minimum atomic E-state index is 0.0957. The maximum atomic E-state index is 12.5. The zero-order valence-corrected chi connectivity index (χ0v) is 13.9. The van der Waals surface area contributed by atoms with Crippen LogP contribution in [0.25, 0.3) is 0 Å². The van der Waals surface area contributed by atoms with Gasteiger partial charge in [0.05, 0.1) is 24.4 Å². The molecular weight excluding hydrogens is 304 g/mol. The lowest BCUT2D eigenvalue weighted by Gasteiger charge is -2.32. The van der Waals surface area contributed by atoms with E-state index in [1.165, 1.54) is 12.8 Å². The summed E-state index contributed by atoms with van der Waals surface area (Å²) in [5, 5.41) is 4.60. The fourth-order valence-electron chi connectivity index (χ4n) is 3.29. The van der Waals surface area contributed by atoms with Gasteiger partial charge in [-0.15, -0.1) is 0 Å². The van der Waals surface area contributed by atoms with Crippen molar-refractivity contribution in [1.82, 2.24) is 19.7 Å². The van der Waals surface area contributed by atoms with Crippen LogP contribution in [0.5, 0.6) is 5.75 Å². The molecule has 0 spiro atoms. The number of hydrogen-bond acceptors (Lipinski definition) is 4. The molecule has 1 saturated carbocycles. The van der Waals surface area contributed by atoms with Crippen LogP contribution >= 0.6 is 0 Å². The minimum Gasteiger partial charge on any atom is -0.491 e. The van der Waals surface area contributed by atoms with Crippen LogP contribution in [0.2, 0.25) is 0 Å². The fourth-order valence-corrected chi connectivity index (χ4v) is 3.29. The van der Waals surface area contributed by atoms with Crippen LogP contribution in [0.4, 0.5) is 0 Å². The van der Waals surface area contributed by atoms with Crippen molar-refractivity contribution < 1.29 is 9.53 Å². The Morgan fingerprint density at radius 3 is 3.04 bits per heavy atom. The van der Waals surface area contributed by atoms with E-state index in [1.54, 1.807) is 12.4 Å². The Morgan fingerprint density at radius 2 is 2.29 bits per heavy atom. The molecule has 0 aromatic carbocycles. The van der Waals surface area contributed by atoms with Gasteiger partial charge in [0.25, 0.3) is 0 Å². The molecule has 0 bridgehead atoms. The zero-order chi connectivity index (χ0) is 16.5. The van der Waals surface area contributed by atoms with Crippen LogP contribution < -0.4 is 4.74 Å². The predicted octanol–water partition coefficient (Wildman–Crippen LogP) is 2.12. The van der Waals surface area contributed by atoms with Crippen LogP contribution in [0.15, 0.2) is 30.7 Å². The fraction of sp³-hybridized carbons (Fsp3) is 0.500. The Kier molecular flexibility index (Phi) is 3.96. The standard InChI is InChI=1S/C18H22N4O2/c1-21-9-14-10-22(17(23)7-13-4-5-13)11-15(18(14)20-21)12-24-16-3-2-6-19-8-16/h2-3,6,8-9,13,15H,4-5,7,10-12H2,1H3/t15-/m1/s1. The van der Waals surface area contributed by atoms with Crippen molar-refractivity contribution in [3.8, 4) is 5.75 Å². The van der Waals surface area contributed by atoms with Crippen molar-refractivity contribution in [2.24, 2.45) is 13.0 Å².